The molecule has 8 heteroatoms. The van der Waals surface area contributed by atoms with Gasteiger partial charge >= 0.3 is 0 Å². The van der Waals surface area contributed by atoms with Gasteiger partial charge in [0, 0.05) is 41.7 Å². The average molecular weight is 439 g/mol. The zero-order valence-corrected chi connectivity index (χ0v) is 18.4. The quantitative estimate of drug-likeness (QED) is 0.481. The lowest BCUT2D eigenvalue weighted by Crippen LogP contribution is -2.31. The molecule has 1 aliphatic heterocycles. The van der Waals surface area contributed by atoms with Crippen LogP contribution in [0.3, 0.4) is 0 Å². The molecule has 1 aliphatic rings. The fourth-order valence-corrected chi connectivity index (χ4v) is 3.23. The second-order valence-electron chi connectivity index (χ2n) is 8.05. The van der Waals surface area contributed by atoms with Crippen molar-refractivity contribution in [3.63, 3.8) is 0 Å². The first-order valence-electron chi connectivity index (χ1n) is 10.9. The summed E-state index contributed by atoms with van der Waals surface area (Å²) < 4.78 is 5.52. The van der Waals surface area contributed by atoms with Crippen molar-refractivity contribution in [1.29, 1.82) is 0 Å². The summed E-state index contributed by atoms with van der Waals surface area (Å²) in [6.45, 7) is 4.91. The lowest BCUT2D eigenvalue weighted by molar-refractivity contribution is -0.119. The van der Waals surface area contributed by atoms with E-state index in [0.29, 0.717) is 29.2 Å². The van der Waals surface area contributed by atoms with Gasteiger partial charge < -0.3 is 26.0 Å². The third kappa shape index (κ3) is 7.09. The van der Waals surface area contributed by atoms with E-state index >= 15 is 0 Å². The van der Waals surface area contributed by atoms with Gasteiger partial charge in [0.15, 0.2) is 0 Å². The van der Waals surface area contributed by atoms with Crippen LogP contribution in [-0.4, -0.2) is 43.5 Å². The Hall–Kier alpha value is -3.39. The van der Waals surface area contributed by atoms with E-state index in [1.165, 1.54) is 0 Å². The first-order valence-corrected chi connectivity index (χ1v) is 10.9. The topological polar surface area (TPSA) is 109 Å². The predicted molar refractivity (Wildman–Crippen MR) is 125 cm³/mol. The van der Waals surface area contributed by atoms with Gasteiger partial charge in [0.05, 0.1) is 12.6 Å². The van der Waals surface area contributed by atoms with Crippen molar-refractivity contribution in [1.82, 2.24) is 5.32 Å². The molecule has 3 amide bonds. The molecule has 0 aliphatic carbocycles. The zero-order valence-electron chi connectivity index (χ0n) is 18.4. The zero-order chi connectivity index (χ0) is 22.9. The number of rotatable bonds is 9. The van der Waals surface area contributed by atoms with E-state index in [9.17, 15) is 14.4 Å². The van der Waals surface area contributed by atoms with Gasteiger partial charge in [-0.2, -0.15) is 0 Å². The minimum absolute atomic E-state index is 0.0313. The lowest BCUT2D eigenvalue weighted by Gasteiger charge is -2.12. The van der Waals surface area contributed by atoms with Crippen LogP contribution in [0.5, 0.6) is 0 Å². The Morgan fingerprint density at radius 2 is 1.72 bits per heavy atom. The number of ether oxygens (including phenoxy) is 1. The molecule has 0 spiro atoms. The predicted octanol–water partition coefficient (Wildman–Crippen LogP) is 3.24. The van der Waals surface area contributed by atoms with Crippen molar-refractivity contribution >= 4 is 34.8 Å². The van der Waals surface area contributed by atoms with Crippen LogP contribution < -0.4 is 21.3 Å². The smallest absolute Gasteiger partial charge is 0.251 e. The van der Waals surface area contributed by atoms with E-state index in [1.54, 1.807) is 48.5 Å². The molecule has 3 rings (SSSR count). The van der Waals surface area contributed by atoms with Gasteiger partial charge in [-0.05, 0) is 49.2 Å². The standard InChI is InChI=1S/C24H30N4O4/c1-16(2)23(30)28-20-9-4-8-19(13-20)27-22(29)15-25-18-7-3-6-17(12-18)24(31)26-14-21-10-5-11-32-21/h3-4,6-9,12-13,16,21,25H,5,10-11,14-15H2,1-2H3,(H,26,31)(H,27,29)(H,28,30). The molecule has 1 atom stereocenters. The van der Waals surface area contributed by atoms with Crippen LogP contribution >= 0.6 is 0 Å². The summed E-state index contributed by atoms with van der Waals surface area (Å²) in [5.41, 5.74) is 2.39. The molecule has 170 valence electrons. The number of anilines is 3. The Balaban J connectivity index is 1.49. The van der Waals surface area contributed by atoms with Gasteiger partial charge in [-0.15, -0.1) is 0 Å². The maximum Gasteiger partial charge on any atom is 0.251 e. The number of carbonyl (C=O) groups excluding carboxylic acids is 3. The molecule has 2 aromatic carbocycles. The minimum atomic E-state index is -0.245. The Morgan fingerprint density at radius 3 is 2.44 bits per heavy atom. The largest absolute Gasteiger partial charge is 0.376 e. The highest BCUT2D eigenvalue weighted by molar-refractivity contribution is 5.97. The molecule has 1 unspecified atom stereocenters. The molecule has 2 aromatic rings. The minimum Gasteiger partial charge on any atom is -0.376 e. The van der Waals surface area contributed by atoms with Crippen molar-refractivity contribution in [3.8, 4) is 0 Å². The maximum absolute atomic E-state index is 12.4. The summed E-state index contributed by atoms with van der Waals surface area (Å²) in [4.78, 5) is 36.6. The first-order chi connectivity index (χ1) is 15.4. The Kier molecular flexibility index (Phi) is 8.21. The van der Waals surface area contributed by atoms with Crippen LogP contribution in [0, 0.1) is 5.92 Å². The highest BCUT2D eigenvalue weighted by atomic mass is 16.5. The number of hydrogen-bond donors (Lipinski definition) is 4. The maximum atomic E-state index is 12.4. The summed E-state index contributed by atoms with van der Waals surface area (Å²) >= 11 is 0. The molecule has 0 bridgehead atoms. The molecule has 4 N–H and O–H groups in total. The second kappa shape index (κ2) is 11.3. The summed E-state index contributed by atoms with van der Waals surface area (Å²) in [5, 5.41) is 11.5. The first kappa shape index (κ1) is 23.3. The van der Waals surface area contributed by atoms with Crippen LogP contribution in [0.25, 0.3) is 0 Å². The molecule has 1 fully saturated rings. The van der Waals surface area contributed by atoms with Gasteiger partial charge in [0.2, 0.25) is 11.8 Å². The molecule has 0 saturated carbocycles. The molecular weight excluding hydrogens is 408 g/mol. The van der Waals surface area contributed by atoms with Crippen molar-refractivity contribution in [2.75, 3.05) is 35.6 Å². The third-order valence-corrected chi connectivity index (χ3v) is 5.03. The van der Waals surface area contributed by atoms with Gasteiger partial charge in [-0.25, -0.2) is 0 Å². The molecule has 8 nitrogen and oxygen atoms in total. The SMILES string of the molecule is CC(C)C(=O)Nc1cccc(NC(=O)CNc2cccc(C(=O)NCC3CCCO3)c2)c1. The fraction of sp³-hybridized carbons (Fsp3) is 0.375. The van der Waals surface area contributed by atoms with E-state index < -0.39 is 0 Å². The monoisotopic (exact) mass is 438 g/mol. The summed E-state index contributed by atoms with van der Waals surface area (Å²) in [6.07, 6.45) is 2.07. The van der Waals surface area contributed by atoms with Gasteiger partial charge in [-0.1, -0.05) is 26.0 Å². The van der Waals surface area contributed by atoms with E-state index in [2.05, 4.69) is 21.3 Å². The van der Waals surface area contributed by atoms with Crippen molar-refractivity contribution in [2.45, 2.75) is 32.8 Å². The van der Waals surface area contributed by atoms with Crippen LogP contribution in [0.1, 0.15) is 37.0 Å². The van der Waals surface area contributed by atoms with Gasteiger partial charge in [0.1, 0.15) is 0 Å². The van der Waals surface area contributed by atoms with E-state index in [1.807, 2.05) is 13.8 Å². The van der Waals surface area contributed by atoms with Gasteiger partial charge in [-0.3, -0.25) is 14.4 Å². The molecule has 1 heterocycles. The van der Waals surface area contributed by atoms with Crippen LogP contribution in [0.15, 0.2) is 48.5 Å². The third-order valence-electron chi connectivity index (χ3n) is 5.03. The van der Waals surface area contributed by atoms with Crippen LogP contribution in [-0.2, 0) is 14.3 Å². The highest BCUT2D eigenvalue weighted by Gasteiger charge is 2.17. The molecule has 1 saturated heterocycles. The summed E-state index contributed by atoms with van der Waals surface area (Å²) in [5.74, 6) is -0.638. The number of amides is 3. The highest BCUT2D eigenvalue weighted by Crippen LogP contribution is 2.16. The Bertz CT molecular complexity index is 955. The van der Waals surface area contributed by atoms with Crippen LogP contribution in [0.4, 0.5) is 17.1 Å². The Labute approximate surface area is 188 Å². The number of carbonyl (C=O) groups is 3. The number of benzene rings is 2. The molecular formula is C24H30N4O4. The number of nitrogens with one attached hydrogen (secondary N) is 4. The summed E-state index contributed by atoms with van der Waals surface area (Å²) in [6, 6.07) is 14.0. The second-order valence-corrected chi connectivity index (χ2v) is 8.05. The van der Waals surface area contributed by atoms with Crippen molar-refractivity contribution in [2.24, 2.45) is 5.92 Å². The van der Waals surface area contributed by atoms with E-state index in [-0.39, 0.29) is 36.3 Å². The molecule has 32 heavy (non-hydrogen) atoms. The molecule has 0 radical (unpaired) electrons. The average Bonchev–Trinajstić information content (AvgIpc) is 3.30. The molecule has 0 aromatic heterocycles. The lowest BCUT2D eigenvalue weighted by atomic mass is 10.1. The van der Waals surface area contributed by atoms with E-state index in [0.717, 1.165) is 19.4 Å². The van der Waals surface area contributed by atoms with Crippen LogP contribution in [0.2, 0.25) is 0 Å². The summed E-state index contributed by atoms with van der Waals surface area (Å²) in [7, 11) is 0. The number of hydrogen-bond acceptors (Lipinski definition) is 5. The Morgan fingerprint density at radius 1 is 1.00 bits per heavy atom. The fourth-order valence-electron chi connectivity index (χ4n) is 3.23. The van der Waals surface area contributed by atoms with E-state index in [4.69, 9.17) is 4.74 Å². The van der Waals surface area contributed by atoms with Crippen molar-refractivity contribution in [3.05, 3.63) is 54.1 Å². The van der Waals surface area contributed by atoms with Crippen molar-refractivity contribution < 1.29 is 19.1 Å². The normalized spacial score (nSPS) is 15.3. The van der Waals surface area contributed by atoms with Gasteiger partial charge in [0.25, 0.3) is 5.91 Å².